The Hall–Kier alpha value is -1.12. The largest absolute Gasteiger partial charge is 0.310 e. The Kier molecular flexibility index (Phi) is 6.28. The Labute approximate surface area is 127 Å². The van der Waals surface area contributed by atoms with E-state index >= 15 is 0 Å². The fraction of sp³-hybridized carbons (Fsp3) is 0.444. The van der Waals surface area contributed by atoms with Gasteiger partial charge in [-0.05, 0) is 42.0 Å². The normalized spacial score (nSPS) is 12.5. The fourth-order valence-electron chi connectivity index (χ4n) is 2.46. The van der Waals surface area contributed by atoms with Crippen LogP contribution >= 0.6 is 11.3 Å². The van der Waals surface area contributed by atoms with Gasteiger partial charge in [-0.15, -0.1) is 11.3 Å². The van der Waals surface area contributed by atoms with Crippen LogP contribution in [0.15, 0.2) is 41.8 Å². The van der Waals surface area contributed by atoms with Crippen LogP contribution in [0.25, 0.3) is 0 Å². The van der Waals surface area contributed by atoms with Gasteiger partial charge in [0.2, 0.25) is 0 Å². The zero-order chi connectivity index (χ0) is 14.2. The summed E-state index contributed by atoms with van der Waals surface area (Å²) in [6.07, 6.45) is 4.66. The highest BCUT2D eigenvalue weighted by Gasteiger charge is 2.12. The van der Waals surface area contributed by atoms with Crippen molar-refractivity contribution in [1.82, 2.24) is 5.32 Å². The zero-order valence-corrected chi connectivity index (χ0v) is 13.4. The number of benzene rings is 1. The second kappa shape index (κ2) is 8.23. The Morgan fingerprint density at radius 3 is 2.45 bits per heavy atom. The molecule has 1 atom stereocenters. The van der Waals surface area contributed by atoms with E-state index in [4.69, 9.17) is 0 Å². The highest BCUT2D eigenvalue weighted by molar-refractivity contribution is 7.09. The van der Waals surface area contributed by atoms with Crippen molar-refractivity contribution in [3.8, 4) is 0 Å². The quantitative estimate of drug-likeness (QED) is 0.721. The van der Waals surface area contributed by atoms with E-state index in [0.29, 0.717) is 6.04 Å². The molecule has 1 aromatic carbocycles. The number of aryl methyl sites for hydroxylation is 1. The van der Waals surface area contributed by atoms with Gasteiger partial charge in [-0.3, -0.25) is 0 Å². The lowest BCUT2D eigenvalue weighted by atomic mass is 10.00. The van der Waals surface area contributed by atoms with Gasteiger partial charge >= 0.3 is 0 Å². The molecule has 0 bridgehead atoms. The molecule has 20 heavy (non-hydrogen) atoms. The van der Waals surface area contributed by atoms with E-state index in [1.54, 1.807) is 0 Å². The van der Waals surface area contributed by atoms with Gasteiger partial charge in [0.15, 0.2) is 0 Å². The number of thiophene rings is 1. The van der Waals surface area contributed by atoms with E-state index in [1.807, 2.05) is 11.3 Å². The Balaban J connectivity index is 2.08. The summed E-state index contributed by atoms with van der Waals surface area (Å²) in [5.74, 6) is 0. The average molecular weight is 287 g/mol. The van der Waals surface area contributed by atoms with Crippen LogP contribution in [-0.2, 0) is 12.8 Å². The molecule has 1 nitrogen and oxygen atoms in total. The molecular weight excluding hydrogens is 262 g/mol. The van der Waals surface area contributed by atoms with E-state index in [-0.39, 0.29) is 0 Å². The molecule has 0 amide bonds. The molecular formula is C18H25NS. The van der Waals surface area contributed by atoms with Crippen LogP contribution in [0.4, 0.5) is 0 Å². The second-order valence-corrected chi connectivity index (χ2v) is 6.31. The van der Waals surface area contributed by atoms with Crippen LogP contribution in [0.1, 0.15) is 48.7 Å². The third-order valence-corrected chi connectivity index (χ3v) is 4.45. The molecule has 0 saturated heterocycles. The van der Waals surface area contributed by atoms with Crippen LogP contribution in [0.2, 0.25) is 0 Å². The maximum absolute atomic E-state index is 3.68. The van der Waals surface area contributed by atoms with Gasteiger partial charge in [0.25, 0.3) is 0 Å². The minimum Gasteiger partial charge on any atom is -0.310 e. The summed E-state index contributed by atoms with van der Waals surface area (Å²) in [5, 5.41) is 5.85. The lowest BCUT2D eigenvalue weighted by molar-refractivity contribution is 0.532. The van der Waals surface area contributed by atoms with Crippen LogP contribution in [0, 0.1) is 0 Å². The van der Waals surface area contributed by atoms with Crippen molar-refractivity contribution in [2.24, 2.45) is 0 Å². The van der Waals surface area contributed by atoms with Crippen LogP contribution in [0.5, 0.6) is 0 Å². The van der Waals surface area contributed by atoms with Crippen molar-refractivity contribution in [2.45, 2.75) is 45.6 Å². The standard InChI is InChI=1S/C18H25NS/c1-3-6-15-8-10-16(11-9-15)18(19-12-4-2)14-17-7-5-13-20-17/h5,7-11,13,18-19H,3-4,6,12,14H2,1-2H3. The van der Waals surface area contributed by atoms with Gasteiger partial charge in [-0.25, -0.2) is 0 Å². The molecule has 0 radical (unpaired) electrons. The summed E-state index contributed by atoms with van der Waals surface area (Å²) in [5.41, 5.74) is 2.85. The smallest absolute Gasteiger partial charge is 0.0368 e. The van der Waals surface area contributed by atoms with Crippen molar-refractivity contribution < 1.29 is 0 Å². The Morgan fingerprint density at radius 1 is 1.05 bits per heavy atom. The van der Waals surface area contributed by atoms with E-state index in [0.717, 1.165) is 13.0 Å². The van der Waals surface area contributed by atoms with Gasteiger partial charge in [0, 0.05) is 17.3 Å². The maximum Gasteiger partial charge on any atom is 0.0368 e. The van der Waals surface area contributed by atoms with Crippen LogP contribution in [-0.4, -0.2) is 6.54 Å². The van der Waals surface area contributed by atoms with Gasteiger partial charge in [-0.2, -0.15) is 0 Å². The monoisotopic (exact) mass is 287 g/mol. The first-order chi connectivity index (χ1) is 9.83. The Bertz CT molecular complexity index is 473. The topological polar surface area (TPSA) is 12.0 Å². The summed E-state index contributed by atoms with van der Waals surface area (Å²) in [6, 6.07) is 14.0. The number of rotatable bonds is 8. The predicted octanol–water partition coefficient (Wildman–Crippen LogP) is 4.98. The van der Waals surface area contributed by atoms with Crippen molar-refractivity contribution in [3.05, 3.63) is 57.8 Å². The van der Waals surface area contributed by atoms with E-state index in [1.165, 1.54) is 35.3 Å². The average Bonchev–Trinajstić information content (AvgIpc) is 2.98. The number of nitrogens with one attached hydrogen (secondary N) is 1. The van der Waals surface area contributed by atoms with Crippen molar-refractivity contribution in [2.75, 3.05) is 6.54 Å². The molecule has 1 N–H and O–H groups in total. The molecule has 1 heterocycles. The van der Waals surface area contributed by atoms with Gasteiger partial charge < -0.3 is 5.32 Å². The molecule has 2 rings (SSSR count). The zero-order valence-electron chi connectivity index (χ0n) is 12.6. The van der Waals surface area contributed by atoms with Gasteiger partial charge in [0.05, 0.1) is 0 Å². The summed E-state index contributed by atoms with van der Waals surface area (Å²) in [6.45, 7) is 5.53. The third kappa shape index (κ3) is 4.46. The van der Waals surface area contributed by atoms with Gasteiger partial charge in [-0.1, -0.05) is 50.6 Å². The minimum atomic E-state index is 0.435. The molecule has 1 aromatic heterocycles. The highest BCUT2D eigenvalue weighted by Crippen LogP contribution is 2.22. The first-order valence-electron chi connectivity index (χ1n) is 7.68. The first kappa shape index (κ1) is 15.3. The molecule has 0 fully saturated rings. The van der Waals surface area contributed by atoms with Gasteiger partial charge in [0.1, 0.15) is 0 Å². The summed E-state index contributed by atoms with van der Waals surface area (Å²) >= 11 is 1.85. The molecule has 0 aliphatic heterocycles. The number of hydrogen-bond donors (Lipinski definition) is 1. The third-order valence-electron chi connectivity index (χ3n) is 3.55. The SMILES string of the molecule is CCCNC(Cc1cccs1)c1ccc(CCC)cc1. The first-order valence-corrected chi connectivity index (χ1v) is 8.56. The maximum atomic E-state index is 3.68. The molecule has 108 valence electrons. The minimum absolute atomic E-state index is 0.435. The van der Waals surface area contributed by atoms with Crippen LogP contribution < -0.4 is 5.32 Å². The van der Waals surface area contributed by atoms with E-state index in [2.05, 4.69) is 60.9 Å². The highest BCUT2D eigenvalue weighted by atomic mass is 32.1. The molecule has 0 saturated carbocycles. The van der Waals surface area contributed by atoms with E-state index in [9.17, 15) is 0 Å². The lowest BCUT2D eigenvalue weighted by Gasteiger charge is -2.19. The predicted molar refractivity (Wildman–Crippen MR) is 89.5 cm³/mol. The molecule has 0 aliphatic carbocycles. The van der Waals surface area contributed by atoms with Crippen molar-refractivity contribution >= 4 is 11.3 Å². The second-order valence-electron chi connectivity index (χ2n) is 5.28. The number of hydrogen-bond acceptors (Lipinski definition) is 2. The molecule has 2 heteroatoms. The Morgan fingerprint density at radius 2 is 1.85 bits per heavy atom. The fourth-order valence-corrected chi connectivity index (χ4v) is 3.21. The summed E-state index contributed by atoms with van der Waals surface area (Å²) < 4.78 is 0. The van der Waals surface area contributed by atoms with E-state index < -0.39 is 0 Å². The molecule has 1 unspecified atom stereocenters. The summed E-state index contributed by atoms with van der Waals surface area (Å²) in [7, 11) is 0. The molecule has 2 aromatic rings. The van der Waals surface area contributed by atoms with Crippen molar-refractivity contribution in [3.63, 3.8) is 0 Å². The lowest BCUT2D eigenvalue weighted by Crippen LogP contribution is -2.23. The van der Waals surface area contributed by atoms with Crippen molar-refractivity contribution in [1.29, 1.82) is 0 Å². The van der Waals surface area contributed by atoms with Crippen LogP contribution in [0.3, 0.4) is 0 Å². The molecule has 0 spiro atoms. The molecule has 0 aliphatic rings. The summed E-state index contributed by atoms with van der Waals surface area (Å²) in [4.78, 5) is 1.45.